The van der Waals surface area contributed by atoms with Gasteiger partial charge in [0, 0.05) is 24.0 Å². The number of benzene rings is 1. The second kappa shape index (κ2) is 10.2. The standard InChI is InChI=1S/C23H32N4O2S/c1-3-24-23(26-15-18-16-28-19-9-4-5-10-20(19)29-18)25-14-17-8-6-12-27(2)22(17)21-11-7-13-30-21/h4-5,7,9-11,13,17-18,22H,3,6,8,12,14-16H2,1-2H3,(H2,24,25,26). The highest BCUT2D eigenvalue weighted by molar-refractivity contribution is 7.10. The van der Waals surface area contributed by atoms with E-state index in [9.17, 15) is 0 Å². The van der Waals surface area contributed by atoms with Gasteiger partial charge in [0.25, 0.3) is 0 Å². The monoisotopic (exact) mass is 428 g/mol. The summed E-state index contributed by atoms with van der Waals surface area (Å²) in [4.78, 5) is 8.87. The van der Waals surface area contributed by atoms with Gasteiger partial charge in [0.15, 0.2) is 17.5 Å². The summed E-state index contributed by atoms with van der Waals surface area (Å²) in [5.74, 6) is 2.99. The van der Waals surface area contributed by atoms with Gasteiger partial charge in [-0.1, -0.05) is 18.2 Å². The maximum absolute atomic E-state index is 6.06. The van der Waals surface area contributed by atoms with Gasteiger partial charge in [-0.05, 0) is 62.9 Å². The van der Waals surface area contributed by atoms with Gasteiger partial charge in [-0.15, -0.1) is 11.3 Å². The van der Waals surface area contributed by atoms with Crippen molar-refractivity contribution in [1.29, 1.82) is 0 Å². The first-order chi connectivity index (χ1) is 14.7. The number of fused-ring (bicyclic) bond motifs is 1. The summed E-state index contributed by atoms with van der Waals surface area (Å²) in [5.41, 5.74) is 0. The number of guanidine groups is 1. The third-order valence-electron chi connectivity index (χ3n) is 5.73. The van der Waals surface area contributed by atoms with Crippen LogP contribution in [0.3, 0.4) is 0 Å². The van der Waals surface area contributed by atoms with Crippen molar-refractivity contribution in [1.82, 2.24) is 15.5 Å². The zero-order valence-corrected chi connectivity index (χ0v) is 18.7. The molecule has 0 bridgehead atoms. The molecule has 4 rings (SSSR count). The summed E-state index contributed by atoms with van der Waals surface area (Å²) >= 11 is 1.85. The number of nitrogens with zero attached hydrogens (tertiary/aromatic N) is 2. The Hall–Kier alpha value is -2.25. The van der Waals surface area contributed by atoms with E-state index >= 15 is 0 Å². The molecule has 0 amide bonds. The molecule has 1 saturated heterocycles. The summed E-state index contributed by atoms with van der Waals surface area (Å²) in [5, 5.41) is 8.99. The highest BCUT2D eigenvalue weighted by Gasteiger charge is 2.31. The molecule has 1 aromatic carbocycles. The number of aliphatic imine (C=N–C) groups is 1. The Balaban J connectivity index is 1.36. The number of nitrogens with one attached hydrogen (secondary N) is 2. The smallest absolute Gasteiger partial charge is 0.191 e. The Labute approximate surface area is 183 Å². The van der Waals surface area contributed by atoms with E-state index in [1.165, 1.54) is 17.7 Å². The van der Waals surface area contributed by atoms with Crippen molar-refractivity contribution < 1.29 is 9.47 Å². The van der Waals surface area contributed by atoms with E-state index in [4.69, 9.17) is 14.5 Å². The molecule has 0 radical (unpaired) electrons. The Morgan fingerprint density at radius 3 is 2.87 bits per heavy atom. The Bertz CT molecular complexity index is 826. The van der Waals surface area contributed by atoms with Gasteiger partial charge in [0.1, 0.15) is 12.7 Å². The van der Waals surface area contributed by atoms with Gasteiger partial charge in [-0.25, -0.2) is 0 Å². The lowest BCUT2D eigenvalue weighted by Gasteiger charge is -2.38. The van der Waals surface area contributed by atoms with Crippen LogP contribution in [0.2, 0.25) is 0 Å². The highest BCUT2D eigenvalue weighted by Crippen LogP contribution is 2.37. The Morgan fingerprint density at radius 1 is 1.20 bits per heavy atom. The van der Waals surface area contributed by atoms with Crippen molar-refractivity contribution in [2.45, 2.75) is 31.9 Å². The summed E-state index contributed by atoms with van der Waals surface area (Å²) in [6.07, 6.45) is 2.41. The van der Waals surface area contributed by atoms with Crippen molar-refractivity contribution >= 4 is 17.3 Å². The Kier molecular flexibility index (Phi) is 7.12. The molecule has 0 aliphatic carbocycles. The molecule has 6 nitrogen and oxygen atoms in total. The lowest BCUT2D eigenvalue weighted by atomic mass is 9.88. The quantitative estimate of drug-likeness (QED) is 0.545. The average Bonchev–Trinajstić information content (AvgIpc) is 3.30. The zero-order chi connectivity index (χ0) is 20.8. The number of para-hydroxylation sites is 2. The van der Waals surface area contributed by atoms with E-state index < -0.39 is 0 Å². The van der Waals surface area contributed by atoms with E-state index in [-0.39, 0.29) is 6.10 Å². The predicted octanol–water partition coefficient (Wildman–Crippen LogP) is 3.53. The number of hydrogen-bond donors (Lipinski definition) is 2. The van der Waals surface area contributed by atoms with Crippen LogP contribution in [0.15, 0.2) is 46.8 Å². The third-order valence-corrected chi connectivity index (χ3v) is 6.68. The van der Waals surface area contributed by atoms with Crippen LogP contribution in [-0.4, -0.2) is 56.8 Å². The van der Waals surface area contributed by atoms with Crippen molar-refractivity contribution in [3.05, 3.63) is 46.7 Å². The molecule has 0 saturated carbocycles. The number of likely N-dealkylation sites (tertiary alicyclic amines) is 1. The fraction of sp³-hybridized carbons (Fsp3) is 0.522. The molecule has 3 unspecified atom stereocenters. The van der Waals surface area contributed by atoms with Crippen molar-refractivity contribution in [3.8, 4) is 11.5 Å². The summed E-state index contributed by atoms with van der Waals surface area (Å²) in [7, 11) is 2.24. The number of rotatable bonds is 6. The summed E-state index contributed by atoms with van der Waals surface area (Å²) < 4.78 is 11.9. The molecule has 2 N–H and O–H groups in total. The predicted molar refractivity (Wildman–Crippen MR) is 123 cm³/mol. The molecule has 2 aliphatic rings. The third kappa shape index (κ3) is 5.08. The molecule has 30 heavy (non-hydrogen) atoms. The lowest BCUT2D eigenvalue weighted by molar-refractivity contribution is 0.0935. The van der Waals surface area contributed by atoms with Gasteiger partial charge >= 0.3 is 0 Å². The Morgan fingerprint density at radius 2 is 2.07 bits per heavy atom. The van der Waals surface area contributed by atoms with E-state index in [0.717, 1.165) is 37.1 Å². The van der Waals surface area contributed by atoms with E-state index in [1.807, 2.05) is 35.6 Å². The SMILES string of the molecule is CCNC(=NCC1CCCN(C)C1c1cccs1)NCC1COc2ccccc2O1. The molecule has 1 fully saturated rings. The average molecular weight is 429 g/mol. The maximum atomic E-state index is 6.06. The first kappa shape index (κ1) is 21.0. The van der Waals surface area contributed by atoms with Crippen LogP contribution >= 0.6 is 11.3 Å². The van der Waals surface area contributed by atoms with Crippen LogP contribution in [0.5, 0.6) is 11.5 Å². The van der Waals surface area contributed by atoms with Gasteiger partial charge in [-0.2, -0.15) is 0 Å². The molecule has 2 aliphatic heterocycles. The molecule has 0 spiro atoms. The van der Waals surface area contributed by atoms with Crippen LogP contribution in [0.1, 0.15) is 30.7 Å². The van der Waals surface area contributed by atoms with Crippen molar-refractivity contribution in [3.63, 3.8) is 0 Å². The van der Waals surface area contributed by atoms with Gasteiger partial charge < -0.3 is 20.1 Å². The minimum Gasteiger partial charge on any atom is -0.486 e. The topological polar surface area (TPSA) is 58.1 Å². The first-order valence-electron chi connectivity index (χ1n) is 10.9. The summed E-state index contributed by atoms with van der Waals surface area (Å²) in [6, 6.07) is 12.7. The maximum Gasteiger partial charge on any atom is 0.191 e. The van der Waals surface area contributed by atoms with Crippen LogP contribution in [0.25, 0.3) is 0 Å². The second-order valence-electron chi connectivity index (χ2n) is 7.94. The number of hydrogen-bond acceptors (Lipinski definition) is 5. The van der Waals surface area contributed by atoms with Crippen molar-refractivity contribution in [2.24, 2.45) is 10.9 Å². The number of piperidine rings is 1. The molecule has 162 valence electrons. The molecular formula is C23H32N4O2S. The van der Waals surface area contributed by atoms with Crippen LogP contribution in [0, 0.1) is 5.92 Å². The molecule has 7 heteroatoms. The normalized spacial score (nSPS) is 24.5. The largest absolute Gasteiger partial charge is 0.486 e. The van der Waals surface area contributed by atoms with Crippen LogP contribution in [-0.2, 0) is 0 Å². The van der Waals surface area contributed by atoms with E-state index in [1.54, 1.807) is 0 Å². The zero-order valence-electron chi connectivity index (χ0n) is 17.8. The molecule has 2 aromatic rings. The molecular weight excluding hydrogens is 396 g/mol. The van der Waals surface area contributed by atoms with Crippen LogP contribution in [0.4, 0.5) is 0 Å². The fourth-order valence-electron chi connectivity index (χ4n) is 4.28. The minimum atomic E-state index is -0.0385. The second-order valence-corrected chi connectivity index (χ2v) is 8.92. The molecule has 1 aromatic heterocycles. The highest BCUT2D eigenvalue weighted by atomic mass is 32.1. The van der Waals surface area contributed by atoms with Gasteiger partial charge in [0.2, 0.25) is 0 Å². The summed E-state index contributed by atoms with van der Waals surface area (Å²) in [6.45, 7) is 6.08. The van der Waals surface area contributed by atoms with E-state index in [2.05, 4.69) is 47.0 Å². The van der Waals surface area contributed by atoms with Crippen LogP contribution < -0.4 is 20.1 Å². The fourth-order valence-corrected chi connectivity index (χ4v) is 5.27. The van der Waals surface area contributed by atoms with Crippen molar-refractivity contribution in [2.75, 3.05) is 39.8 Å². The first-order valence-corrected chi connectivity index (χ1v) is 11.8. The van der Waals surface area contributed by atoms with Gasteiger partial charge in [-0.3, -0.25) is 9.89 Å². The van der Waals surface area contributed by atoms with Gasteiger partial charge in [0.05, 0.1) is 6.54 Å². The van der Waals surface area contributed by atoms with E-state index in [0.29, 0.717) is 25.1 Å². The molecule has 3 atom stereocenters. The molecule has 3 heterocycles. The number of ether oxygens (including phenoxy) is 2. The lowest BCUT2D eigenvalue weighted by Crippen LogP contribution is -2.46. The minimum absolute atomic E-state index is 0.0385. The number of thiophene rings is 1.